The van der Waals surface area contributed by atoms with Gasteiger partial charge >= 0.3 is 0 Å². The Kier molecular flexibility index (Phi) is 3.41. The maximum absolute atomic E-state index is 2.67. The van der Waals surface area contributed by atoms with E-state index in [9.17, 15) is 0 Å². The number of hydrogen-bond acceptors (Lipinski definition) is 1. The molecule has 1 aliphatic heterocycles. The summed E-state index contributed by atoms with van der Waals surface area (Å²) >= 11 is 0. The van der Waals surface area contributed by atoms with Gasteiger partial charge in [0.1, 0.15) is 0 Å². The molecule has 0 bridgehead atoms. The van der Waals surface area contributed by atoms with Crippen LogP contribution in [0.4, 0.5) is 0 Å². The molecule has 0 aromatic heterocycles. The van der Waals surface area contributed by atoms with Crippen LogP contribution in [0.3, 0.4) is 0 Å². The predicted molar refractivity (Wildman–Crippen MR) is 100 cm³/mol. The Balaban J connectivity index is 1.49. The summed E-state index contributed by atoms with van der Waals surface area (Å²) in [6.45, 7) is 3.55. The van der Waals surface area contributed by atoms with Gasteiger partial charge in [-0.3, -0.25) is 4.90 Å². The molecule has 1 heterocycles. The molecule has 0 unspecified atom stereocenters. The molecule has 3 aromatic rings. The van der Waals surface area contributed by atoms with Crippen LogP contribution in [-0.2, 0) is 13.0 Å². The fourth-order valence-corrected chi connectivity index (χ4v) is 4.89. The van der Waals surface area contributed by atoms with E-state index in [1.54, 1.807) is 11.1 Å². The summed E-state index contributed by atoms with van der Waals surface area (Å²) in [5.41, 5.74) is 4.69. The predicted octanol–water partition coefficient (Wildman–Crippen LogP) is 5.00. The third kappa shape index (κ3) is 2.35. The zero-order valence-corrected chi connectivity index (χ0v) is 14.0. The van der Waals surface area contributed by atoms with Crippen LogP contribution in [0.25, 0.3) is 10.8 Å². The molecular weight excluding hydrogens is 290 g/mol. The molecule has 0 radical (unpaired) electrons. The standard InChI is InChI=1S/C23H23N/c1-2-6-17(7-3-1)14-24-15-20-13-12-19-11-10-18-8-4-5-9-21(18)23(19)22(20)16-24/h1-11,20,22H,12-16H2/t20-,22+/m1/s1. The first-order chi connectivity index (χ1) is 11.9. The summed E-state index contributed by atoms with van der Waals surface area (Å²) in [6.07, 6.45) is 2.60. The van der Waals surface area contributed by atoms with E-state index in [2.05, 4.69) is 71.6 Å². The van der Waals surface area contributed by atoms with Crippen molar-refractivity contribution in [3.63, 3.8) is 0 Å². The Morgan fingerprint density at radius 2 is 1.67 bits per heavy atom. The molecule has 0 saturated carbocycles. The van der Waals surface area contributed by atoms with E-state index in [4.69, 9.17) is 0 Å². The van der Waals surface area contributed by atoms with Crippen molar-refractivity contribution >= 4 is 10.8 Å². The van der Waals surface area contributed by atoms with Gasteiger partial charge < -0.3 is 0 Å². The molecule has 120 valence electrons. The van der Waals surface area contributed by atoms with E-state index in [0.717, 1.165) is 12.5 Å². The van der Waals surface area contributed by atoms with Crippen molar-refractivity contribution in [1.82, 2.24) is 4.90 Å². The zero-order valence-electron chi connectivity index (χ0n) is 14.0. The average Bonchev–Trinajstić information content (AvgIpc) is 3.04. The molecule has 1 heteroatoms. The fraction of sp³-hybridized carbons (Fsp3) is 0.304. The van der Waals surface area contributed by atoms with Crippen molar-refractivity contribution < 1.29 is 0 Å². The van der Waals surface area contributed by atoms with Gasteiger partial charge in [0.05, 0.1) is 0 Å². The van der Waals surface area contributed by atoms with Gasteiger partial charge in [0.15, 0.2) is 0 Å². The zero-order chi connectivity index (χ0) is 15.9. The second-order valence-corrected chi connectivity index (χ2v) is 7.44. The monoisotopic (exact) mass is 313 g/mol. The highest BCUT2D eigenvalue weighted by Crippen LogP contribution is 2.44. The van der Waals surface area contributed by atoms with Crippen molar-refractivity contribution in [1.29, 1.82) is 0 Å². The number of benzene rings is 3. The smallest absolute Gasteiger partial charge is 0.0234 e. The quantitative estimate of drug-likeness (QED) is 0.643. The van der Waals surface area contributed by atoms with E-state index in [0.29, 0.717) is 5.92 Å². The lowest BCUT2D eigenvalue weighted by molar-refractivity contribution is 0.313. The van der Waals surface area contributed by atoms with Crippen LogP contribution >= 0.6 is 0 Å². The number of fused-ring (bicyclic) bond motifs is 5. The van der Waals surface area contributed by atoms with Gasteiger partial charge in [0, 0.05) is 25.6 Å². The van der Waals surface area contributed by atoms with Crippen molar-refractivity contribution in [3.8, 4) is 0 Å². The molecular formula is C23H23N. The van der Waals surface area contributed by atoms with Gasteiger partial charge in [0.2, 0.25) is 0 Å². The summed E-state index contributed by atoms with van der Waals surface area (Å²) < 4.78 is 0. The highest BCUT2D eigenvalue weighted by atomic mass is 15.2. The second kappa shape index (κ2) is 5.75. The summed E-state index contributed by atoms with van der Waals surface area (Å²) in [6, 6.07) is 24.6. The molecule has 1 nitrogen and oxygen atoms in total. The molecule has 0 amide bonds. The molecule has 2 atom stereocenters. The van der Waals surface area contributed by atoms with Crippen molar-refractivity contribution in [2.45, 2.75) is 25.3 Å². The minimum Gasteiger partial charge on any atom is -0.298 e. The summed E-state index contributed by atoms with van der Waals surface area (Å²) in [7, 11) is 0. The van der Waals surface area contributed by atoms with E-state index >= 15 is 0 Å². The largest absolute Gasteiger partial charge is 0.298 e. The van der Waals surface area contributed by atoms with Crippen LogP contribution in [0.2, 0.25) is 0 Å². The van der Waals surface area contributed by atoms with Crippen molar-refractivity contribution in [3.05, 3.63) is 83.4 Å². The Labute approximate surface area is 143 Å². The summed E-state index contributed by atoms with van der Waals surface area (Å²) in [5, 5.41) is 2.89. The van der Waals surface area contributed by atoms with E-state index in [1.165, 1.54) is 42.3 Å². The van der Waals surface area contributed by atoms with Crippen LogP contribution in [0.15, 0.2) is 66.7 Å². The lowest BCUT2D eigenvalue weighted by Crippen LogP contribution is -2.20. The highest BCUT2D eigenvalue weighted by molar-refractivity contribution is 5.87. The average molecular weight is 313 g/mol. The molecule has 0 spiro atoms. The number of nitrogens with zero attached hydrogens (tertiary/aromatic N) is 1. The first-order valence-corrected chi connectivity index (χ1v) is 9.15. The maximum Gasteiger partial charge on any atom is 0.0234 e. The van der Waals surface area contributed by atoms with Gasteiger partial charge in [0.25, 0.3) is 0 Å². The maximum atomic E-state index is 2.67. The molecule has 1 fully saturated rings. The molecule has 0 N–H and O–H groups in total. The lowest BCUT2D eigenvalue weighted by atomic mass is 9.75. The minimum atomic E-state index is 0.712. The molecule has 24 heavy (non-hydrogen) atoms. The summed E-state index contributed by atoms with van der Waals surface area (Å²) in [5.74, 6) is 1.54. The molecule has 1 saturated heterocycles. The summed E-state index contributed by atoms with van der Waals surface area (Å²) in [4.78, 5) is 2.67. The Morgan fingerprint density at radius 1 is 0.833 bits per heavy atom. The highest BCUT2D eigenvalue weighted by Gasteiger charge is 2.38. The number of aryl methyl sites for hydroxylation is 1. The molecule has 5 rings (SSSR count). The number of likely N-dealkylation sites (tertiary alicyclic amines) is 1. The lowest BCUT2D eigenvalue weighted by Gasteiger charge is -2.28. The third-order valence-corrected chi connectivity index (χ3v) is 5.98. The molecule has 3 aromatic carbocycles. The normalized spacial score (nSPS) is 23.2. The SMILES string of the molecule is c1ccc(CN2C[C@H]3CCc4ccc5ccccc5c4[C@H]3C2)cc1. The number of hydrogen-bond donors (Lipinski definition) is 0. The minimum absolute atomic E-state index is 0.712. The first-order valence-electron chi connectivity index (χ1n) is 9.15. The van der Waals surface area contributed by atoms with E-state index < -0.39 is 0 Å². The van der Waals surface area contributed by atoms with Crippen LogP contribution in [0.1, 0.15) is 29.0 Å². The van der Waals surface area contributed by atoms with E-state index in [1.807, 2.05) is 0 Å². The van der Waals surface area contributed by atoms with Crippen LogP contribution < -0.4 is 0 Å². The molecule has 1 aliphatic carbocycles. The third-order valence-electron chi connectivity index (χ3n) is 5.98. The molecule has 2 aliphatic rings. The van der Waals surface area contributed by atoms with Crippen LogP contribution in [0.5, 0.6) is 0 Å². The van der Waals surface area contributed by atoms with E-state index in [-0.39, 0.29) is 0 Å². The first kappa shape index (κ1) is 14.2. The Morgan fingerprint density at radius 3 is 2.58 bits per heavy atom. The van der Waals surface area contributed by atoms with Crippen molar-refractivity contribution in [2.75, 3.05) is 13.1 Å². The van der Waals surface area contributed by atoms with Crippen molar-refractivity contribution in [2.24, 2.45) is 5.92 Å². The van der Waals surface area contributed by atoms with Gasteiger partial charge in [-0.1, -0.05) is 66.7 Å². The van der Waals surface area contributed by atoms with Crippen LogP contribution in [-0.4, -0.2) is 18.0 Å². The van der Waals surface area contributed by atoms with Gasteiger partial charge in [-0.25, -0.2) is 0 Å². The van der Waals surface area contributed by atoms with Gasteiger partial charge in [-0.15, -0.1) is 0 Å². The second-order valence-electron chi connectivity index (χ2n) is 7.44. The fourth-order valence-electron chi connectivity index (χ4n) is 4.89. The Bertz CT molecular complexity index is 868. The topological polar surface area (TPSA) is 3.24 Å². The Hall–Kier alpha value is -2.12. The number of rotatable bonds is 2. The van der Waals surface area contributed by atoms with Crippen LogP contribution in [0, 0.1) is 5.92 Å². The van der Waals surface area contributed by atoms with Gasteiger partial charge in [-0.05, 0) is 46.2 Å². The van der Waals surface area contributed by atoms with Gasteiger partial charge in [-0.2, -0.15) is 0 Å².